The molecule has 3 aromatic rings. The first kappa shape index (κ1) is 18.8. The molecule has 0 atom stereocenters. The Morgan fingerprint density at radius 1 is 1.00 bits per heavy atom. The lowest BCUT2D eigenvalue weighted by molar-refractivity contribution is -0.385. The number of urea groups is 1. The third kappa shape index (κ3) is 3.85. The fourth-order valence-corrected chi connectivity index (χ4v) is 2.81. The van der Waals surface area contributed by atoms with Gasteiger partial charge in [0.1, 0.15) is 17.6 Å². The van der Waals surface area contributed by atoms with Crippen molar-refractivity contribution in [1.82, 2.24) is 10.3 Å². The van der Waals surface area contributed by atoms with Crippen LogP contribution in [0.1, 0.15) is 5.56 Å². The zero-order chi connectivity index (χ0) is 21.1. The molecule has 4 rings (SSSR count). The van der Waals surface area contributed by atoms with Gasteiger partial charge in [-0.25, -0.2) is 14.7 Å². The Hall–Kier alpha value is -4.53. The average Bonchev–Trinajstić information content (AvgIpc) is 3.03. The minimum absolute atomic E-state index is 0.128. The number of hydrogen-bond acceptors (Lipinski definition) is 6. The van der Waals surface area contributed by atoms with Crippen LogP contribution in [-0.4, -0.2) is 21.8 Å². The van der Waals surface area contributed by atoms with Crippen LogP contribution in [-0.2, 0) is 4.79 Å². The highest BCUT2D eigenvalue weighted by Crippen LogP contribution is 2.24. The SMILES string of the molecule is O=C1N/C(=C/c2ccc(Oc3ccc([N+](=O)[O-])cn3)cc2)C(=O)N1c1ccccc1. The van der Waals surface area contributed by atoms with E-state index in [1.165, 1.54) is 12.1 Å². The molecule has 0 bridgehead atoms. The van der Waals surface area contributed by atoms with Crippen molar-refractivity contribution in [3.8, 4) is 11.6 Å². The number of benzene rings is 2. The summed E-state index contributed by atoms with van der Waals surface area (Å²) in [5, 5.41) is 13.2. The van der Waals surface area contributed by atoms with Crippen LogP contribution in [0.2, 0.25) is 0 Å². The van der Waals surface area contributed by atoms with Crippen molar-refractivity contribution < 1.29 is 19.2 Å². The third-order valence-corrected chi connectivity index (χ3v) is 4.24. The highest BCUT2D eigenvalue weighted by atomic mass is 16.6. The van der Waals surface area contributed by atoms with Gasteiger partial charge in [0.05, 0.1) is 10.6 Å². The summed E-state index contributed by atoms with van der Waals surface area (Å²) in [6.07, 6.45) is 2.68. The number of nitro groups is 1. The van der Waals surface area contributed by atoms with Crippen LogP contribution >= 0.6 is 0 Å². The molecular weight excluding hydrogens is 388 g/mol. The topological polar surface area (TPSA) is 115 Å². The summed E-state index contributed by atoms with van der Waals surface area (Å²) in [5.74, 6) is 0.233. The minimum Gasteiger partial charge on any atom is -0.439 e. The number of imide groups is 1. The summed E-state index contributed by atoms with van der Waals surface area (Å²) in [4.78, 5) is 39.9. The van der Waals surface area contributed by atoms with E-state index in [2.05, 4.69) is 10.3 Å². The monoisotopic (exact) mass is 402 g/mol. The lowest BCUT2D eigenvalue weighted by Gasteiger charge is -2.10. The number of para-hydroxylation sites is 1. The predicted molar refractivity (Wildman–Crippen MR) is 108 cm³/mol. The van der Waals surface area contributed by atoms with Gasteiger partial charge in [0.15, 0.2) is 0 Å². The number of carbonyl (C=O) groups excluding carboxylic acids is 2. The van der Waals surface area contributed by atoms with Gasteiger partial charge in [-0.15, -0.1) is 0 Å². The number of nitrogens with one attached hydrogen (secondary N) is 1. The Balaban J connectivity index is 1.48. The van der Waals surface area contributed by atoms with E-state index in [-0.39, 0.29) is 17.3 Å². The van der Waals surface area contributed by atoms with E-state index in [9.17, 15) is 19.7 Å². The maximum absolute atomic E-state index is 12.6. The Morgan fingerprint density at radius 2 is 1.73 bits per heavy atom. The Labute approximate surface area is 170 Å². The zero-order valence-corrected chi connectivity index (χ0v) is 15.4. The summed E-state index contributed by atoms with van der Waals surface area (Å²) in [5.41, 5.74) is 1.20. The highest BCUT2D eigenvalue weighted by Gasteiger charge is 2.34. The van der Waals surface area contributed by atoms with Crippen molar-refractivity contribution in [2.24, 2.45) is 0 Å². The molecule has 0 spiro atoms. The number of carbonyl (C=O) groups is 2. The molecule has 0 radical (unpaired) electrons. The molecule has 3 amide bonds. The highest BCUT2D eigenvalue weighted by molar-refractivity contribution is 6.28. The zero-order valence-electron chi connectivity index (χ0n) is 15.4. The molecule has 2 aromatic carbocycles. The fourth-order valence-electron chi connectivity index (χ4n) is 2.81. The van der Waals surface area contributed by atoms with E-state index in [0.717, 1.165) is 11.1 Å². The van der Waals surface area contributed by atoms with Gasteiger partial charge in [-0.2, -0.15) is 0 Å². The number of nitrogens with zero attached hydrogens (tertiary/aromatic N) is 3. The molecule has 0 saturated carbocycles. The molecular formula is C21H14N4O5. The normalized spacial score (nSPS) is 14.7. The van der Waals surface area contributed by atoms with Gasteiger partial charge in [0.25, 0.3) is 11.6 Å². The Morgan fingerprint density at radius 3 is 2.37 bits per heavy atom. The molecule has 1 aliphatic rings. The van der Waals surface area contributed by atoms with Crippen LogP contribution in [0.5, 0.6) is 11.6 Å². The molecule has 1 aliphatic heterocycles. The third-order valence-electron chi connectivity index (χ3n) is 4.24. The van der Waals surface area contributed by atoms with Crippen LogP contribution in [0.15, 0.2) is 78.6 Å². The smallest absolute Gasteiger partial charge is 0.333 e. The largest absolute Gasteiger partial charge is 0.439 e. The van der Waals surface area contributed by atoms with E-state index in [4.69, 9.17) is 4.74 Å². The van der Waals surface area contributed by atoms with E-state index in [0.29, 0.717) is 17.0 Å². The standard InChI is InChI=1S/C21H14N4O5/c26-20-18(23-21(27)24(20)15-4-2-1-3-5-15)12-14-6-9-17(10-7-14)30-19-11-8-16(13-22-19)25(28)29/h1-13H,(H,23,27)/b18-12+. The van der Waals surface area contributed by atoms with Crippen LogP contribution in [0.4, 0.5) is 16.2 Å². The molecule has 1 aromatic heterocycles. The van der Waals surface area contributed by atoms with Crippen molar-refractivity contribution >= 4 is 29.4 Å². The molecule has 0 unspecified atom stereocenters. The first-order valence-electron chi connectivity index (χ1n) is 8.82. The Bertz CT molecular complexity index is 1140. The molecule has 1 saturated heterocycles. The van der Waals surface area contributed by atoms with Crippen molar-refractivity contribution in [2.45, 2.75) is 0 Å². The van der Waals surface area contributed by atoms with Crippen LogP contribution in [0.25, 0.3) is 6.08 Å². The van der Waals surface area contributed by atoms with E-state index >= 15 is 0 Å². The fraction of sp³-hybridized carbons (Fsp3) is 0. The van der Waals surface area contributed by atoms with E-state index in [1.807, 2.05) is 0 Å². The number of hydrogen-bond donors (Lipinski definition) is 1. The summed E-state index contributed by atoms with van der Waals surface area (Å²) in [6.45, 7) is 0. The summed E-state index contributed by atoms with van der Waals surface area (Å²) in [6, 6.07) is 17.6. The number of pyridine rings is 1. The number of ether oxygens (including phenoxy) is 1. The molecule has 30 heavy (non-hydrogen) atoms. The molecule has 9 nitrogen and oxygen atoms in total. The number of rotatable bonds is 5. The first-order chi connectivity index (χ1) is 14.5. The van der Waals surface area contributed by atoms with Gasteiger partial charge in [-0.1, -0.05) is 30.3 Å². The molecule has 1 fully saturated rings. The predicted octanol–water partition coefficient (Wildman–Crippen LogP) is 3.88. The number of aromatic nitrogens is 1. The van der Waals surface area contributed by atoms with Crippen molar-refractivity contribution in [1.29, 1.82) is 0 Å². The van der Waals surface area contributed by atoms with Crippen molar-refractivity contribution in [3.05, 3.63) is 94.3 Å². The van der Waals surface area contributed by atoms with Crippen LogP contribution < -0.4 is 15.0 Å². The van der Waals surface area contributed by atoms with Gasteiger partial charge in [0.2, 0.25) is 5.88 Å². The van der Waals surface area contributed by atoms with Gasteiger partial charge < -0.3 is 10.1 Å². The summed E-state index contributed by atoms with van der Waals surface area (Å²) >= 11 is 0. The average molecular weight is 402 g/mol. The molecule has 148 valence electrons. The maximum Gasteiger partial charge on any atom is 0.333 e. The molecule has 2 heterocycles. The van der Waals surface area contributed by atoms with E-state index < -0.39 is 16.9 Å². The lowest BCUT2D eigenvalue weighted by atomic mass is 10.2. The molecule has 9 heteroatoms. The van der Waals surface area contributed by atoms with E-state index in [1.54, 1.807) is 60.7 Å². The van der Waals surface area contributed by atoms with Crippen LogP contribution in [0, 0.1) is 10.1 Å². The maximum atomic E-state index is 12.6. The molecule has 1 N–H and O–H groups in total. The summed E-state index contributed by atoms with van der Waals surface area (Å²) < 4.78 is 5.55. The number of anilines is 1. The second-order valence-electron chi connectivity index (χ2n) is 6.25. The van der Waals surface area contributed by atoms with Crippen molar-refractivity contribution in [3.63, 3.8) is 0 Å². The van der Waals surface area contributed by atoms with Crippen molar-refractivity contribution in [2.75, 3.05) is 4.90 Å². The minimum atomic E-state index is -0.541. The van der Waals surface area contributed by atoms with Gasteiger partial charge in [0, 0.05) is 12.1 Å². The van der Waals surface area contributed by atoms with Gasteiger partial charge in [-0.3, -0.25) is 14.9 Å². The number of amides is 3. The first-order valence-corrected chi connectivity index (χ1v) is 8.82. The van der Waals surface area contributed by atoms with Gasteiger partial charge >= 0.3 is 6.03 Å². The van der Waals surface area contributed by atoms with Gasteiger partial charge in [-0.05, 0) is 35.9 Å². The quantitative estimate of drug-likeness (QED) is 0.300. The second-order valence-corrected chi connectivity index (χ2v) is 6.25. The Kier molecular flexibility index (Phi) is 4.92. The second kappa shape index (κ2) is 7.84. The summed E-state index contributed by atoms with van der Waals surface area (Å²) in [7, 11) is 0. The molecule has 0 aliphatic carbocycles. The van der Waals surface area contributed by atoms with Crippen LogP contribution in [0.3, 0.4) is 0 Å². The lowest BCUT2D eigenvalue weighted by Crippen LogP contribution is -2.30.